The van der Waals surface area contributed by atoms with E-state index in [0.29, 0.717) is 17.9 Å². The fraction of sp³-hybridized carbons (Fsp3) is 0.267. The summed E-state index contributed by atoms with van der Waals surface area (Å²) in [5.41, 5.74) is 5.23. The number of nitrogen functional groups attached to an aromatic ring is 1. The van der Waals surface area contributed by atoms with E-state index in [2.05, 4.69) is 28.5 Å². The molecule has 1 amide bonds. The average molecular weight is 271 g/mol. The number of benzene rings is 1. The summed E-state index contributed by atoms with van der Waals surface area (Å²) in [5, 5.41) is 0. The number of anilines is 1. The van der Waals surface area contributed by atoms with Crippen molar-refractivity contribution in [2.45, 2.75) is 19.9 Å². The van der Waals surface area contributed by atoms with Gasteiger partial charge in [-0.3, -0.25) is 10.2 Å². The summed E-state index contributed by atoms with van der Waals surface area (Å²) in [7, 11) is 0. The highest BCUT2D eigenvalue weighted by Crippen LogP contribution is 2.29. The molecule has 2 heterocycles. The number of nitrogens with zero attached hydrogens (tertiary/aromatic N) is 1. The number of para-hydroxylation sites is 1. The van der Waals surface area contributed by atoms with Crippen LogP contribution in [0.1, 0.15) is 27.4 Å². The maximum absolute atomic E-state index is 11.6. The van der Waals surface area contributed by atoms with Gasteiger partial charge < -0.3 is 9.32 Å². The number of fused-ring (bicyclic) bond motifs is 1. The van der Waals surface area contributed by atoms with Crippen molar-refractivity contribution in [2.24, 2.45) is 5.84 Å². The third-order valence-corrected chi connectivity index (χ3v) is 3.67. The van der Waals surface area contributed by atoms with Gasteiger partial charge in [0.15, 0.2) is 0 Å². The Labute approximate surface area is 117 Å². The average Bonchev–Trinajstić information content (AvgIpc) is 3.03. The van der Waals surface area contributed by atoms with Crippen LogP contribution in [0.4, 0.5) is 5.69 Å². The minimum Gasteiger partial charge on any atom is -0.464 e. The molecular weight excluding hydrogens is 254 g/mol. The summed E-state index contributed by atoms with van der Waals surface area (Å²) < 4.78 is 5.66. The van der Waals surface area contributed by atoms with Crippen molar-refractivity contribution in [1.82, 2.24) is 5.43 Å². The van der Waals surface area contributed by atoms with Crippen LogP contribution in [0.25, 0.3) is 0 Å². The summed E-state index contributed by atoms with van der Waals surface area (Å²) in [5.74, 6) is 6.21. The Bertz CT molecular complexity index is 648. The summed E-state index contributed by atoms with van der Waals surface area (Å²) in [6.07, 6.45) is 1.05. The zero-order valence-electron chi connectivity index (χ0n) is 11.3. The van der Waals surface area contributed by atoms with Crippen LogP contribution in [0.15, 0.2) is 34.7 Å². The number of rotatable bonds is 3. The van der Waals surface area contributed by atoms with Gasteiger partial charge >= 0.3 is 0 Å². The van der Waals surface area contributed by atoms with Gasteiger partial charge in [-0.1, -0.05) is 18.2 Å². The second-order valence-corrected chi connectivity index (χ2v) is 4.96. The van der Waals surface area contributed by atoms with Crippen LogP contribution in [-0.4, -0.2) is 12.5 Å². The first kappa shape index (κ1) is 12.7. The van der Waals surface area contributed by atoms with E-state index >= 15 is 0 Å². The third-order valence-electron chi connectivity index (χ3n) is 3.67. The van der Waals surface area contributed by atoms with E-state index in [9.17, 15) is 4.79 Å². The summed E-state index contributed by atoms with van der Waals surface area (Å²) in [4.78, 5) is 13.8. The van der Waals surface area contributed by atoms with Crippen molar-refractivity contribution in [1.29, 1.82) is 0 Å². The molecule has 3 rings (SSSR count). The Hall–Kier alpha value is -2.27. The third kappa shape index (κ3) is 2.16. The van der Waals surface area contributed by atoms with Crippen LogP contribution in [-0.2, 0) is 13.0 Å². The van der Waals surface area contributed by atoms with Crippen LogP contribution >= 0.6 is 0 Å². The van der Waals surface area contributed by atoms with Gasteiger partial charge in [0.1, 0.15) is 11.5 Å². The van der Waals surface area contributed by atoms with E-state index in [-0.39, 0.29) is 5.91 Å². The molecular formula is C15H17N3O2. The van der Waals surface area contributed by atoms with Crippen LogP contribution in [0, 0.1) is 6.92 Å². The first-order chi connectivity index (χ1) is 9.69. The lowest BCUT2D eigenvalue weighted by atomic mass is 10.2. The van der Waals surface area contributed by atoms with E-state index in [1.54, 1.807) is 13.0 Å². The van der Waals surface area contributed by atoms with Gasteiger partial charge in [0.25, 0.3) is 5.91 Å². The Morgan fingerprint density at radius 2 is 2.25 bits per heavy atom. The van der Waals surface area contributed by atoms with Crippen molar-refractivity contribution in [2.75, 3.05) is 11.4 Å². The Morgan fingerprint density at radius 1 is 1.45 bits per heavy atom. The van der Waals surface area contributed by atoms with Gasteiger partial charge in [-0.2, -0.15) is 0 Å². The van der Waals surface area contributed by atoms with Gasteiger partial charge in [-0.25, -0.2) is 5.84 Å². The first-order valence-corrected chi connectivity index (χ1v) is 6.62. The quantitative estimate of drug-likeness (QED) is 0.507. The Balaban J connectivity index is 1.81. The normalized spacial score (nSPS) is 13.4. The number of aryl methyl sites for hydroxylation is 1. The molecule has 3 N–H and O–H groups in total. The van der Waals surface area contributed by atoms with Crippen LogP contribution in [0.5, 0.6) is 0 Å². The molecule has 1 aliphatic heterocycles. The maximum atomic E-state index is 11.6. The second-order valence-electron chi connectivity index (χ2n) is 4.96. The fourth-order valence-corrected chi connectivity index (χ4v) is 2.68. The number of nitrogens with one attached hydrogen (secondary N) is 1. The number of hydrazine groups is 1. The molecule has 0 spiro atoms. The zero-order chi connectivity index (χ0) is 14.1. The molecule has 0 fully saturated rings. The molecule has 1 aromatic heterocycles. The maximum Gasteiger partial charge on any atom is 0.268 e. The Kier molecular flexibility index (Phi) is 3.20. The van der Waals surface area contributed by atoms with Crippen LogP contribution in [0.3, 0.4) is 0 Å². The molecule has 0 saturated carbocycles. The van der Waals surface area contributed by atoms with Crippen molar-refractivity contribution < 1.29 is 9.21 Å². The number of carbonyl (C=O) groups is 1. The summed E-state index contributed by atoms with van der Waals surface area (Å²) in [6, 6.07) is 10.1. The van der Waals surface area contributed by atoms with Gasteiger partial charge in [-0.05, 0) is 31.0 Å². The predicted octanol–water partition coefficient (Wildman–Crippen LogP) is 1.75. The standard InChI is InChI=1S/C15H17N3O2/c1-10-13(15(19)17-16)8-12(20-10)9-18-7-6-11-4-2-3-5-14(11)18/h2-5,8H,6-7,9,16H2,1H3,(H,17,19). The molecule has 0 unspecified atom stereocenters. The van der Waals surface area contributed by atoms with Crippen LogP contribution < -0.4 is 16.2 Å². The van der Waals surface area contributed by atoms with Gasteiger partial charge in [-0.15, -0.1) is 0 Å². The summed E-state index contributed by atoms with van der Waals surface area (Å²) in [6.45, 7) is 3.40. The highest BCUT2D eigenvalue weighted by atomic mass is 16.3. The van der Waals surface area contributed by atoms with E-state index < -0.39 is 0 Å². The van der Waals surface area contributed by atoms with E-state index in [0.717, 1.165) is 18.7 Å². The van der Waals surface area contributed by atoms with Crippen molar-refractivity contribution in [3.05, 3.63) is 53.0 Å². The first-order valence-electron chi connectivity index (χ1n) is 6.62. The number of nitrogens with two attached hydrogens (primary N) is 1. The molecule has 104 valence electrons. The number of hydrogen-bond donors (Lipinski definition) is 2. The lowest BCUT2D eigenvalue weighted by molar-refractivity contribution is 0.0952. The largest absolute Gasteiger partial charge is 0.464 e. The van der Waals surface area contributed by atoms with E-state index in [4.69, 9.17) is 10.3 Å². The molecule has 1 aromatic carbocycles. The van der Waals surface area contributed by atoms with Gasteiger partial charge in [0.05, 0.1) is 12.1 Å². The van der Waals surface area contributed by atoms with Crippen LogP contribution in [0.2, 0.25) is 0 Å². The summed E-state index contributed by atoms with van der Waals surface area (Å²) >= 11 is 0. The molecule has 5 heteroatoms. The topological polar surface area (TPSA) is 71.5 Å². The molecule has 5 nitrogen and oxygen atoms in total. The van der Waals surface area contributed by atoms with Crippen molar-refractivity contribution in [3.8, 4) is 0 Å². The number of amides is 1. The number of carbonyl (C=O) groups excluding carboxylic acids is 1. The van der Waals surface area contributed by atoms with E-state index in [1.165, 1.54) is 11.3 Å². The fourth-order valence-electron chi connectivity index (χ4n) is 2.68. The zero-order valence-corrected chi connectivity index (χ0v) is 11.3. The predicted molar refractivity (Wildman–Crippen MR) is 76.3 cm³/mol. The lowest BCUT2D eigenvalue weighted by Gasteiger charge is -2.17. The molecule has 2 aromatic rings. The Morgan fingerprint density at radius 3 is 3.05 bits per heavy atom. The minimum atomic E-state index is -0.320. The van der Waals surface area contributed by atoms with Gasteiger partial charge in [0.2, 0.25) is 0 Å². The molecule has 0 bridgehead atoms. The molecule has 0 saturated heterocycles. The van der Waals surface area contributed by atoms with Crippen molar-refractivity contribution in [3.63, 3.8) is 0 Å². The molecule has 0 radical (unpaired) electrons. The van der Waals surface area contributed by atoms with Crippen molar-refractivity contribution >= 4 is 11.6 Å². The highest BCUT2D eigenvalue weighted by Gasteiger charge is 2.21. The molecule has 0 atom stereocenters. The van der Waals surface area contributed by atoms with E-state index in [1.807, 2.05) is 6.07 Å². The minimum absolute atomic E-state index is 0.320. The number of furan rings is 1. The monoisotopic (exact) mass is 271 g/mol. The molecule has 0 aliphatic carbocycles. The smallest absolute Gasteiger partial charge is 0.268 e. The molecule has 1 aliphatic rings. The lowest BCUT2D eigenvalue weighted by Crippen LogP contribution is -2.30. The van der Waals surface area contributed by atoms with Gasteiger partial charge in [0, 0.05) is 12.2 Å². The highest BCUT2D eigenvalue weighted by molar-refractivity contribution is 5.94. The number of hydrogen-bond acceptors (Lipinski definition) is 4. The SMILES string of the molecule is Cc1oc(CN2CCc3ccccc32)cc1C(=O)NN. The second kappa shape index (κ2) is 5.02. The molecule has 20 heavy (non-hydrogen) atoms.